The Labute approximate surface area is 140 Å². The van der Waals surface area contributed by atoms with E-state index in [1.54, 1.807) is 0 Å². The third-order valence-electron chi connectivity index (χ3n) is 4.05. The van der Waals surface area contributed by atoms with E-state index in [2.05, 4.69) is 35.4 Å². The van der Waals surface area contributed by atoms with Crippen molar-refractivity contribution in [1.82, 2.24) is 15.2 Å². The molecule has 0 unspecified atom stereocenters. The van der Waals surface area contributed by atoms with Crippen LogP contribution in [0.5, 0.6) is 11.5 Å². The maximum Gasteiger partial charge on any atom is 0.169 e. The first-order chi connectivity index (χ1) is 11.6. The molecule has 3 heterocycles. The zero-order chi connectivity index (χ0) is 16.7. The van der Waals surface area contributed by atoms with Gasteiger partial charge in [-0.25, -0.2) is 4.98 Å². The van der Waals surface area contributed by atoms with Crippen molar-refractivity contribution in [1.29, 1.82) is 0 Å². The molecule has 2 N–H and O–H groups in total. The van der Waals surface area contributed by atoms with Gasteiger partial charge in [-0.05, 0) is 31.0 Å². The predicted molar refractivity (Wildman–Crippen MR) is 93.4 cm³/mol. The summed E-state index contributed by atoms with van der Waals surface area (Å²) in [6.07, 6.45) is 0. The van der Waals surface area contributed by atoms with Crippen molar-refractivity contribution < 1.29 is 9.47 Å². The summed E-state index contributed by atoms with van der Waals surface area (Å²) in [6.45, 7) is 7.39. The van der Waals surface area contributed by atoms with Crippen LogP contribution < -0.4 is 14.8 Å². The van der Waals surface area contributed by atoms with Crippen LogP contribution in [-0.2, 0) is 0 Å². The van der Waals surface area contributed by atoms with Gasteiger partial charge < -0.3 is 14.8 Å². The van der Waals surface area contributed by atoms with Gasteiger partial charge in [0.15, 0.2) is 17.3 Å². The average Bonchev–Trinajstić information content (AvgIpc) is 2.98. The van der Waals surface area contributed by atoms with Crippen molar-refractivity contribution in [2.45, 2.75) is 26.7 Å². The van der Waals surface area contributed by atoms with Crippen molar-refractivity contribution in [2.24, 2.45) is 0 Å². The molecule has 24 heavy (non-hydrogen) atoms. The van der Waals surface area contributed by atoms with E-state index in [0.717, 1.165) is 45.3 Å². The van der Waals surface area contributed by atoms with Crippen LogP contribution in [0.15, 0.2) is 24.3 Å². The number of nitrogens with one attached hydrogen (secondary N) is 2. The number of rotatable bonds is 3. The van der Waals surface area contributed by atoms with Gasteiger partial charge in [0, 0.05) is 22.5 Å². The predicted octanol–water partition coefficient (Wildman–Crippen LogP) is 3.90. The Balaban J connectivity index is 1.88. The number of hydrogen-bond donors (Lipinski definition) is 2. The average molecular weight is 324 g/mol. The van der Waals surface area contributed by atoms with E-state index < -0.39 is 0 Å². The van der Waals surface area contributed by atoms with E-state index in [4.69, 9.17) is 14.5 Å². The number of benzene rings is 1. The molecule has 1 aliphatic rings. The second-order valence-corrected chi connectivity index (χ2v) is 6.29. The number of ether oxygens (including phenoxy) is 2. The quantitative estimate of drug-likeness (QED) is 0.764. The fraction of sp³-hybridized carbons (Fsp3) is 0.333. The molecule has 0 radical (unpaired) electrons. The minimum Gasteiger partial charge on any atom is -0.486 e. The standard InChI is InChI=1S/C18H20N4O2/c1-10(2)17-12-4-5-14-18(24-7-6-23-14)13(12)9-15(20-17)19-16-8-11(3)21-22-16/h4-5,8-10H,6-7H2,1-3H3,(H2,19,20,21,22). The SMILES string of the molecule is Cc1cc(Nc2cc3c4c(ccc3c(C(C)C)n2)OCCO4)n[nH]1. The van der Waals surface area contributed by atoms with E-state index in [0.29, 0.717) is 13.2 Å². The molecule has 0 spiro atoms. The first-order valence-corrected chi connectivity index (χ1v) is 8.14. The maximum atomic E-state index is 5.88. The minimum atomic E-state index is 0.290. The molecule has 1 aromatic carbocycles. The van der Waals surface area contributed by atoms with Gasteiger partial charge in [-0.3, -0.25) is 5.10 Å². The molecule has 4 rings (SSSR count). The van der Waals surface area contributed by atoms with Gasteiger partial charge in [-0.2, -0.15) is 5.10 Å². The van der Waals surface area contributed by atoms with Gasteiger partial charge >= 0.3 is 0 Å². The van der Waals surface area contributed by atoms with Crippen LogP contribution in [-0.4, -0.2) is 28.4 Å². The highest BCUT2D eigenvalue weighted by Crippen LogP contribution is 2.40. The van der Waals surface area contributed by atoms with Gasteiger partial charge in [-0.15, -0.1) is 0 Å². The zero-order valence-electron chi connectivity index (χ0n) is 14.0. The number of aryl methyl sites for hydroxylation is 1. The number of nitrogens with zero attached hydrogens (tertiary/aromatic N) is 2. The summed E-state index contributed by atoms with van der Waals surface area (Å²) in [4.78, 5) is 4.79. The second kappa shape index (κ2) is 5.70. The summed E-state index contributed by atoms with van der Waals surface area (Å²) < 4.78 is 11.6. The highest BCUT2D eigenvalue weighted by atomic mass is 16.6. The lowest BCUT2D eigenvalue weighted by atomic mass is 10.0. The number of H-pyrrole nitrogens is 1. The van der Waals surface area contributed by atoms with Crippen LogP contribution in [0.25, 0.3) is 10.8 Å². The Morgan fingerprint density at radius 1 is 1.08 bits per heavy atom. The van der Waals surface area contributed by atoms with Crippen molar-refractivity contribution in [2.75, 3.05) is 18.5 Å². The molecule has 6 nitrogen and oxygen atoms in total. The molecule has 0 aliphatic carbocycles. The Morgan fingerprint density at radius 3 is 2.67 bits per heavy atom. The first-order valence-electron chi connectivity index (χ1n) is 8.14. The van der Waals surface area contributed by atoms with E-state index in [1.165, 1.54) is 0 Å². The fourth-order valence-electron chi connectivity index (χ4n) is 2.98. The summed E-state index contributed by atoms with van der Waals surface area (Å²) in [7, 11) is 0. The van der Waals surface area contributed by atoms with Gasteiger partial charge in [0.1, 0.15) is 19.0 Å². The van der Waals surface area contributed by atoms with Gasteiger partial charge in [0.2, 0.25) is 0 Å². The molecule has 0 bridgehead atoms. The lowest BCUT2D eigenvalue weighted by Crippen LogP contribution is -2.15. The van der Waals surface area contributed by atoms with Gasteiger partial charge in [-0.1, -0.05) is 13.8 Å². The van der Waals surface area contributed by atoms with E-state index >= 15 is 0 Å². The van der Waals surface area contributed by atoms with Crippen LogP contribution in [0.3, 0.4) is 0 Å². The molecule has 3 aromatic rings. The van der Waals surface area contributed by atoms with Crippen LogP contribution >= 0.6 is 0 Å². The molecule has 1 aliphatic heterocycles. The monoisotopic (exact) mass is 324 g/mol. The number of hydrogen-bond acceptors (Lipinski definition) is 5. The molecular weight excluding hydrogens is 304 g/mol. The van der Waals surface area contributed by atoms with Crippen LogP contribution in [0, 0.1) is 6.92 Å². The Bertz CT molecular complexity index is 901. The van der Waals surface area contributed by atoms with Gasteiger partial charge in [0.25, 0.3) is 0 Å². The lowest BCUT2D eigenvalue weighted by Gasteiger charge is -2.21. The summed E-state index contributed by atoms with van der Waals surface area (Å²) in [5.74, 6) is 3.37. The molecule has 0 atom stereocenters. The van der Waals surface area contributed by atoms with Crippen molar-refractivity contribution in [3.8, 4) is 11.5 Å². The first kappa shape index (κ1) is 14.8. The highest BCUT2D eigenvalue weighted by Gasteiger charge is 2.19. The van der Waals surface area contributed by atoms with E-state index in [9.17, 15) is 0 Å². The number of aromatic amines is 1. The lowest BCUT2D eigenvalue weighted by molar-refractivity contribution is 0.174. The van der Waals surface area contributed by atoms with Crippen LogP contribution in [0.2, 0.25) is 0 Å². The molecule has 0 saturated heterocycles. The minimum absolute atomic E-state index is 0.290. The van der Waals surface area contributed by atoms with Crippen LogP contribution in [0.1, 0.15) is 31.2 Å². The number of pyridine rings is 1. The largest absolute Gasteiger partial charge is 0.486 e. The van der Waals surface area contributed by atoms with Gasteiger partial charge in [0.05, 0.1) is 5.69 Å². The van der Waals surface area contributed by atoms with Crippen LogP contribution in [0.4, 0.5) is 11.6 Å². The number of aromatic nitrogens is 3. The molecule has 6 heteroatoms. The molecule has 124 valence electrons. The number of anilines is 2. The second-order valence-electron chi connectivity index (χ2n) is 6.29. The fourth-order valence-corrected chi connectivity index (χ4v) is 2.98. The highest BCUT2D eigenvalue weighted by molar-refractivity contribution is 5.94. The third-order valence-corrected chi connectivity index (χ3v) is 4.05. The molecule has 0 amide bonds. The van der Waals surface area contributed by atoms with Crippen molar-refractivity contribution in [3.63, 3.8) is 0 Å². The molecule has 0 fully saturated rings. The molecule has 0 saturated carbocycles. The summed E-state index contributed by atoms with van der Waals surface area (Å²) >= 11 is 0. The summed E-state index contributed by atoms with van der Waals surface area (Å²) in [5, 5.41) is 12.5. The normalized spacial score (nSPS) is 13.5. The summed E-state index contributed by atoms with van der Waals surface area (Å²) in [6, 6.07) is 7.97. The molecule has 2 aromatic heterocycles. The summed E-state index contributed by atoms with van der Waals surface area (Å²) in [5.41, 5.74) is 2.02. The van der Waals surface area contributed by atoms with Crippen molar-refractivity contribution >= 4 is 22.4 Å². The molecular formula is C18H20N4O2. The third kappa shape index (κ3) is 2.54. The smallest absolute Gasteiger partial charge is 0.169 e. The topological polar surface area (TPSA) is 72.1 Å². The Morgan fingerprint density at radius 2 is 1.92 bits per heavy atom. The van der Waals surface area contributed by atoms with Crippen molar-refractivity contribution in [3.05, 3.63) is 35.7 Å². The maximum absolute atomic E-state index is 5.88. The zero-order valence-corrected chi connectivity index (χ0v) is 14.0. The number of fused-ring (bicyclic) bond motifs is 3. The van der Waals surface area contributed by atoms with E-state index in [1.807, 2.05) is 25.1 Å². The van der Waals surface area contributed by atoms with E-state index in [-0.39, 0.29) is 5.92 Å². The Hall–Kier alpha value is -2.76. The Kier molecular flexibility index (Phi) is 3.52.